The normalized spacial score (nSPS) is 9.95. The smallest absolute Gasteiger partial charge is 0.320 e. The van der Waals surface area contributed by atoms with Crippen molar-refractivity contribution in [2.45, 2.75) is 13.3 Å². The lowest BCUT2D eigenvalue weighted by Crippen LogP contribution is -2.30. The third-order valence-corrected chi connectivity index (χ3v) is 2.78. The Morgan fingerprint density at radius 1 is 1.24 bits per heavy atom. The van der Waals surface area contributed by atoms with Crippen LogP contribution in [-0.2, 0) is 0 Å². The summed E-state index contributed by atoms with van der Waals surface area (Å²) in [6.45, 7) is 3.06. The Hall–Kier alpha value is -2.56. The van der Waals surface area contributed by atoms with E-state index in [9.17, 15) is 4.79 Å². The second-order valence-corrected chi connectivity index (χ2v) is 4.61. The topological polar surface area (TPSA) is 63.2 Å². The van der Waals surface area contributed by atoms with Crippen LogP contribution in [0.2, 0.25) is 0 Å². The van der Waals surface area contributed by atoms with Crippen LogP contribution in [0.5, 0.6) is 5.75 Å². The first-order valence-electron chi connectivity index (χ1n) is 6.89. The maximum absolute atomic E-state index is 11.7. The predicted octanol–water partition coefficient (Wildman–Crippen LogP) is 2.98. The van der Waals surface area contributed by atoms with Gasteiger partial charge in [0.25, 0.3) is 0 Å². The van der Waals surface area contributed by atoms with E-state index >= 15 is 0 Å². The maximum Gasteiger partial charge on any atom is 0.320 e. The van der Waals surface area contributed by atoms with Crippen LogP contribution in [0.1, 0.15) is 12.0 Å². The molecule has 0 fully saturated rings. The monoisotopic (exact) mass is 285 g/mol. The maximum atomic E-state index is 11.7. The van der Waals surface area contributed by atoms with Gasteiger partial charge in [-0.25, -0.2) is 9.78 Å². The van der Waals surface area contributed by atoms with Crippen molar-refractivity contribution >= 4 is 11.8 Å². The van der Waals surface area contributed by atoms with Crippen molar-refractivity contribution in [3.8, 4) is 5.75 Å². The van der Waals surface area contributed by atoms with Gasteiger partial charge in [0.2, 0.25) is 0 Å². The Balaban J connectivity index is 1.61. The van der Waals surface area contributed by atoms with Crippen molar-refractivity contribution in [1.82, 2.24) is 10.3 Å². The van der Waals surface area contributed by atoms with Crippen LogP contribution >= 0.6 is 0 Å². The molecule has 2 aromatic rings. The first-order chi connectivity index (χ1) is 10.2. The summed E-state index contributed by atoms with van der Waals surface area (Å²) in [6.07, 6.45) is 2.40. The van der Waals surface area contributed by atoms with Crippen molar-refractivity contribution in [3.05, 3.63) is 54.2 Å². The summed E-state index contributed by atoms with van der Waals surface area (Å²) >= 11 is 0. The molecule has 0 saturated heterocycles. The van der Waals surface area contributed by atoms with Crippen molar-refractivity contribution in [1.29, 1.82) is 0 Å². The molecule has 0 aliphatic heterocycles. The van der Waals surface area contributed by atoms with Crippen LogP contribution in [0.4, 0.5) is 10.6 Å². The van der Waals surface area contributed by atoms with E-state index < -0.39 is 0 Å². The summed E-state index contributed by atoms with van der Waals surface area (Å²) in [5, 5.41) is 5.46. The molecule has 2 amide bonds. The van der Waals surface area contributed by atoms with Gasteiger partial charge >= 0.3 is 6.03 Å². The molecule has 5 nitrogen and oxygen atoms in total. The van der Waals surface area contributed by atoms with Crippen LogP contribution < -0.4 is 15.4 Å². The van der Waals surface area contributed by atoms with Crippen LogP contribution in [0.3, 0.4) is 0 Å². The summed E-state index contributed by atoms with van der Waals surface area (Å²) in [4.78, 5) is 15.7. The van der Waals surface area contributed by atoms with E-state index in [-0.39, 0.29) is 6.03 Å². The standard InChI is InChI=1S/C16H19N3O2/c1-13-8-10-17-15(12-13)19-16(20)18-9-5-11-21-14-6-3-2-4-7-14/h2-4,6-8,10,12H,5,9,11H2,1H3,(H2,17,18,19,20). The van der Waals surface area contributed by atoms with Gasteiger partial charge < -0.3 is 10.1 Å². The summed E-state index contributed by atoms with van der Waals surface area (Å²) in [5.41, 5.74) is 1.05. The number of nitrogens with zero attached hydrogens (tertiary/aromatic N) is 1. The molecule has 0 aliphatic carbocycles. The average molecular weight is 285 g/mol. The fraction of sp³-hybridized carbons (Fsp3) is 0.250. The number of hydrogen-bond acceptors (Lipinski definition) is 3. The summed E-state index contributed by atoms with van der Waals surface area (Å²) < 4.78 is 5.54. The number of anilines is 1. The quantitative estimate of drug-likeness (QED) is 0.802. The molecule has 0 atom stereocenters. The SMILES string of the molecule is Cc1ccnc(NC(=O)NCCCOc2ccccc2)c1. The van der Waals surface area contributed by atoms with Crippen molar-refractivity contribution in [2.75, 3.05) is 18.5 Å². The molecule has 0 spiro atoms. The fourth-order valence-corrected chi connectivity index (χ4v) is 1.75. The lowest BCUT2D eigenvalue weighted by Gasteiger charge is -2.08. The molecule has 0 radical (unpaired) electrons. The average Bonchev–Trinajstić information content (AvgIpc) is 2.48. The summed E-state index contributed by atoms with van der Waals surface area (Å²) in [6, 6.07) is 13.0. The number of amides is 2. The second kappa shape index (κ2) is 7.89. The molecule has 0 unspecified atom stereocenters. The number of rotatable bonds is 6. The molecule has 0 bridgehead atoms. The number of urea groups is 1. The molecule has 0 aliphatic rings. The Kier molecular flexibility index (Phi) is 5.58. The van der Waals surface area contributed by atoms with E-state index in [1.54, 1.807) is 6.20 Å². The van der Waals surface area contributed by atoms with Gasteiger partial charge in [0, 0.05) is 12.7 Å². The lowest BCUT2D eigenvalue weighted by molar-refractivity contribution is 0.250. The minimum atomic E-state index is -0.257. The highest BCUT2D eigenvalue weighted by Gasteiger charge is 2.02. The minimum Gasteiger partial charge on any atom is -0.494 e. The Morgan fingerprint density at radius 2 is 2.05 bits per heavy atom. The number of carbonyl (C=O) groups excluding carboxylic acids is 1. The zero-order chi connectivity index (χ0) is 14.9. The zero-order valence-electron chi connectivity index (χ0n) is 12.0. The van der Waals surface area contributed by atoms with Crippen LogP contribution in [0, 0.1) is 6.92 Å². The number of aryl methyl sites for hydroxylation is 1. The molecule has 1 heterocycles. The van der Waals surface area contributed by atoms with Gasteiger partial charge in [-0.1, -0.05) is 18.2 Å². The fourth-order valence-electron chi connectivity index (χ4n) is 1.75. The molecule has 110 valence electrons. The molecular formula is C16H19N3O2. The van der Waals surface area contributed by atoms with Crippen LogP contribution in [-0.4, -0.2) is 24.2 Å². The number of ether oxygens (including phenoxy) is 1. The van der Waals surface area contributed by atoms with E-state index in [1.165, 1.54) is 0 Å². The number of aromatic nitrogens is 1. The molecule has 2 N–H and O–H groups in total. The molecule has 21 heavy (non-hydrogen) atoms. The Bertz CT molecular complexity index is 573. The number of para-hydroxylation sites is 1. The van der Waals surface area contributed by atoms with Crippen LogP contribution in [0.15, 0.2) is 48.7 Å². The molecule has 1 aromatic heterocycles. The highest BCUT2D eigenvalue weighted by atomic mass is 16.5. The molecule has 1 aromatic carbocycles. The van der Waals surface area contributed by atoms with Gasteiger partial charge in [-0.05, 0) is 43.2 Å². The molecule has 2 rings (SSSR count). The zero-order valence-corrected chi connectivity index (χ0v) is 12.0. The van der Waals surface area contributed by atoms with E-state index in [4.69, 9.17) is 4.74 Å². The Labute approximate surface area is 124 Å². The summed E-state index contributed by atoms with van der Waals surface area (Å²) in [7, 11) is 0. The minimum absolute atomic E-state index is 0.257. The largest absolute Gasteiger partial charge is 0.494 e. The first-order valence-corrected chi connectivity index (χ1v) is 6.89. The molecule has 0 saturated carbocycles. The number of nitrogens with one attached hydrogen (secondary N) is 2. The highest BCUT2D eigenvalue weighted by Crippen LogP contribution is 2.08. The van der Waals surface area contributed by atoms with Gasteiger partial charge in [0.05, 0.1) is 6.61 Å². The van der Waals surface area contributed by atoms with E-state index in [0.717, 1.165) is 17.7 Å². The third kappa shape index (κ3) is 5.52. The van der Waals surface area contributed by atoms with Gasteiger partial charge in [0.1, 0.15) is 11.6 Å². The van der Waals surface area contributed by atoms with Crippen molar-refractivity contribution < 1.29 is 9.53 Å². The van der Waals surface area contributed by atoms with Gasteiger partial charge in [-0.2, -0.15) is 0 Å². The van der Waals surface area contributed by atoms with Gasteiger partial charge in [-0.15, -0.1) is 0 Å². The van der Waals surface area contributed by atoms with Crippen molar-refractivity contribution in [3.63, 3.8) is 0 Å². The number of carbonyl (C=O) groups is 1. The second-order valence-electron chi connectivity index (χ2n) is 4.61. The number of benzene rings is 1. The number of pyridine rings is 1. The lowest BCUT2D eigenvalue weighted by atomic mass is 10.3. The van der Waals surface area contributed by atoms with Crippen LogP contribution in [0.25, 0.3) is 0 Å². The molecule has 5 heteroatoms. The van der Waals surface area contributed by atoms with E-state index in [0.29, 0.717) is 19.0 Å². The third-order valence-electron chi connectivity index (χ3n) is 2.78. The predicted molar refractivity (Wildman–Crippen MR) is 82.5 cm³/mol. The Morgan fingerprint density at radius 3 is 2.81 bits per heavy atom. The summed E-state index contributed by atoms with van der Waals surface area (Å²) in [5.74, 6) is 1.39. The highest BCUT2D eigenvalue weighted by molar-refractivity contribution is 5.88. The molecular weight excluding hydrogens is 266 g/mol. The van der Waals surface area contributed by atoms with Crippen molar-refractivity contribution in [2.24, 2.45) is 0 Å². The van der Waals surface area contributed by atoms with Gasteiger partial charge in [0.15, 0.2) is 0 Å². The number of hydrogen-bond donors (Lipinski definition) is 2. The van der Waals surface area contributed by atoms with Gasteiger partial charge in [-0.3, -0.25) is 5.32 Å². The van der Waals surface area contributed by atoms with E-state index in [1.807, 2.05) is 49.4 Å². The van der Waals surface area contributed by atoms with E-state index in [2.05, 4.69) is 15.6 Å². The first kappa shape index (κ1) is 14.8.